The topological polar surface area (TPSA) is 90.2 Å². The number of primary amides is 1. The van der Waals surface area contributed by atoms with Gasteiger partial charge in [0.05, 0.1) is 5.54 Å². The molecule has 4 aliphatic rings. The molecule has 8 heteroatoms. The van der Waals surface area contributed by atoms with Crippen molar-refractivity contribution in [2.75, 3.05) is 46.8 Å². The van der Waals surface area contributed by atoms with Crippen molar-refractivity contribution in [2.45, 2.75) is 62.4 Å². The number of rotatable bonds is 7. The Morgan fingerprint density at radius 1 is 1.00 bits per heavy atom. The van der Waals surface area contributed by atoms with Crippen LogP contribution in [0.4, 0.5) is 4.79 Å². The van der Waals surface area contributed by atoms with Gasteiger partial charge in [-0.3, -0.25) is 14.5 Å². The summed E-state index contributed by atoms with van der Waals surface area (Å²) < 4.78 is 0. The van der Waals surface area contributed by atoms with Crippen LogP contribution in [0, 0.1) is 11.8 Å². The molecule has 1 aromatic carbocycles. The first-order valence-electron chi connectivity index (χ1n) is 13.6. The Bertz CT molecular complexity index is 976. The molecule has 4 fully saturated rings. The number of likely N-dealkylation sites (tertiary alicyclic amines) is 1. The average Bonchev–Trinajstić information content (AvgIpc) is 3.68. The zero-order valence-electron chi connectivity index (χ0n) is 21.8. The molecule has 5 rings (SSSR count). The molecule has 2 aliphatic carbocycles. The smallest absolute Gasteiger partial charge is 0.321 e. The molecular weight excluding hydrogens is 454 g/mol. The lowest BCUT2D eigenvalue weighted by molar-refractivity contribution is -0.135. The molecule has 1 spiro atoms. The second-order valence-electron chi connectivity index (χ2n) is 11.8. The lowest BCUT2D eigenvalue weighted by atomic mass is 9.68. The van der Waals surface area contributed by atoms with Crippen LogP contribution in [0.1, 0.15) is 56.9 Å². The fraction of sp³-hybridized carbons (Fsp3) is 0.679. The number of urea groups is 1. The molecular formula is C28H41N5O3. The number of amides is 4. The fourth-order valence-corrected chi connectivity index (χ4v) is 6.81. The molecule has 2 saturated heterocycles. The largest absolute Gasteiger partial charge is 0.369 e. The van der Waals surface area contributed by atoms with Crippen LogP contribution < -0.4 is 5.73 Å². The lowest BCUT2D eigenvalue weighted by Crippen LogP contribution is -2.55. The number of nitrogens with zero attached hydrogens (tertiary/aromatic N) is 4. The van der Waals surface area contributed by atoms with E-state index in [1.165, 1.54) is 18.4 Å². The van der Waals surface area contributed by atoms with E-state index in [2.05, 4.69) is 54.2 Å². The number of nitrogens with two attached hydrogens (primary N) is 1. The first kappa shape index (κ1) is 25.1. The lowest BCUT2D eigenvalue weighted by Gasteiger charge is -2.51. The van der Waals surface area contributed by atoms with Crippen LogP contribution in [0.2, 0.25) is 0 Å². The van der Waals surface area contributed by atoms with E-state index in [1.54, 1.807) is 9.80 Å². The maximum absolute atomic E-state index is 13.7. The third kappa shape index (κ3) is 4.60. The highest BCUT2D eigenvalue weighted by Gasteiger charge is 2.55. The van der Waals surface area contributed by atoms with E-state index < -0.39 is 0 Å². The fourth-order valence-electron chi connectivity index (χ4n) is 6.81. The minimum atomic E-state index is -0.281. The first-order chi connectivity index (χ1) is 17.2. The van der Waals surface area contributed by atoms with Crippen LogP contribution >= 0.6 is 0 Å². The molecule has 0 unspecified atom stereocenters. The van der Waals surface area contributed by atoms with E-state index >= 15 is 0 Å². The van der Waals surface area contributed by atoms with Crippen molar-refractivity contribution in [2.24, 2.45) is 17.6 Å². The van der Waals surface area contributed by atoms with Crippen molar-refractivity contribution < 1.29 is 14.4 Å². The summed E-state index contributed by atoms with van der Waals surface area (Å²) in [4.78, 5) is 46.4. The van der Waals surface area contributed by atoms with Crippen molar-refractivity contribution in [3.05, 3.63) is 35.9 Å². The van der Waals surface area contributed by atoms with E-state index in [-0.39, 0.29) is 41.4 Å². The molecule has 2 heterocycles. The van der Waals surface area contributed by atoms with Crippen molar-refractivity contribution in [1.29, 1.82) is 0 Å². The normalized spacial score (nSPS) is 29.4. The van der Waals surface area contributed by atoms with Crippen LogP contribution in [-0.2, 0) is 15.1 Å². The van der Waals surface area contributed by atoms with Crippen molar-refractivity contribution in [3.63, 3.8) is 0 Å². The van der Waals surface area contributed by atoms with E-state index in [1.807, 2.05) is 0 Å². The molecule has 2 N–H and O–H groups in total. The number of benzene rings is 1. The third-order valence-corrected chi connectivity index (χ3v) is 9.45. The number of hydrogen-bond acceptors (Lipinski definition) is 4. The quantitative estimate of drug-likeness (QED) is 0.630. The van der Waals surface area contributed by atoms with E-state index in [4.69, 9.17) is 5.73 Å². The van der Waals surface area contributed by atoms with Crippen LogP contribution in [0.15, 0.2) is 30.3 Å². The summed E-state index contributed by atoms with van der Waals surface area (Å²) in [6, 6.07) is 10.8. The maximum Gasteiger partial charge on any atom is 0.321 e. The number of piperidine rings is 1. The highest BCUT2D eigenvalue weighted by Crippen LogP contribution is 2.49. The number of carbonyl (C=O) groups is 3. The van der Waals surface area contributed by atoms with E-state index in [0.717, 1.165) is 32.2 Å². The van der Waals surface area contributed by atoms with Gasteiger partial charge in [0.15, 0.2) is 0 Å². The van der Waals surface area contributed by atoms with Crippen molar-refractivity contribution in [1.82, 2.24) is 19.6 Å². The Balaban J connectivity index is 1.30. The van der Waals surface area contributed by atoms with Crippen molar-refractivity contribution in [3.8, 4) is 0 Å². The monoisotopic (exact) mass is 495 g/mol. The van der Waals surface area contributed by atoms with Gasteiger partial charge in [0, 0.05) is 37.6 Å². The van der Waals surface area contributed by atoms with Gasteiger partial charge >= 0.3 is 6.03 Å². The van der Waals surface area contributed by atoms with E-state index in [9.17, 15) is 14.4 Å². The summed E-state index contributed by atoms with van der Waals surface area (Å²) in [5, 5.41) is 0. The highest BCUT2D eigenvalue weighted by molar-refractivity contribution is 5.86. The van der Waals surface area contributed by atoms with Crippen LogP contribution in [0.3, 0.4) is 0 Å². The molecule has 0 aromatic heterocycles. The summed E-state index contributed by atoms with van der Waals surface area (Å²) in [6.45, 7) is 2.64. The van der Waals surface area contributed by atoms with Crippen LogP contribution in [0.25, 0.3) is 0 Å². The second kappa shape index (κ2) is 9.69. The predicted octanol–water partition coefficient (Wildman–Crippen LogP) is 2.63. The summed E-state index contributed by atoms with van der Waals surface area (Å²) in [7, 11) is 4.33. The molecule has 0 atom stereocenters. The van der Waals surface area contributed by atoms with Gasteiger partial charge in [-0.1, -0.05) is 30.3 Å². The first-order valence-corrected chi connectivity index (χ1v) is 13.6. The molecule has 36 heavy (non-hydrogen) atoms. The van der Waals surface area contributed by atoms with Gasteiger partial charge in [-0.2, -0.15) is 0 Å². The van der Waals surface area contributed by atoms with Gasteiger partial charge in [0.25, 0.3) is 0 Å². The predicted molar refractivity (Wildman–Crippen MR) is 138 cm³/mol. The molecule has 4 amide bonds. The zero-order chi connectivity index (χ0) is 25.5. The second-order valence-corrected chi connectivity index (χ2v) is 11.8. The van der Waals surface area contributed by atoms with Gasteiger partial charge < -0.3 is 20.4 Å². The zero-order valence-corrected chi connectivity index (χ0v) is 21.8. The van der Waals surface area contributed by atoms with Crippen molar-refractivity contribution >= 4 is 17.8 Å². The Morgan fingerprint density at radius 3 is 2.19 bits per heavy atom. The van der Waals surface area contributed by atoms with Gasteiger partial charge in [0.2, 0.25) is 11.8 Å². The molecule has 196 valence electrons. The standard InChI is InChI=1S/C28H41N5O3/c1-30(2)28(23-6-4-3-5-7-23)14-12-27(13-15-28)20-32(26(36)33(27)18-21-8-9-21)19-24(34)31-16-10-22(11-17-31)25(29)35/h3-7,21-22H,8-20H2,1-2H3,(H2,29,35)/t27-,28+. The Kier molecular flexibility index (Phi) is 6.74. The number of hydrogen-bond donors (Lipinski definition) is 1. The minimum absolute atomic E-state index is 0.0163. The van der Waals surface area contributed by atoms with Crippen LogP contribution in [0.5, 0.6) is 0 Å². The molecule has 1 aromatic rings. The summed E-state index contributed by atoms with van der Waals surface area (Å²) in [5.74, 6) is 0.154. The van der Waals surface area contributed by atoms with Gasteiger partial charge in [-0.25, -0.2) is 4.79 Å². The van der Waals surface area contributed by atoms with Gasteiger partial charge in [0.1, 0.15) is 6.54 Å². The molecule has 0 bridgehead atoms. The van der Waals surface area contributed by atoms with Gasteiger partial charge in [-0.05, 0) is 76.9 Å². The average molecular weight is 496 g/mol. The molecule has 2 aliphatic heterocycles. The SMILES string of the molecule is CN(C)[C@]1(c2ccccc2)CC[C@]2(CC1)CN(CC(=O)N1CCC(C(N)=O)CC1)C(=O)N2CC1CC1. The number of carbonyl (C=O) groups excluding carboxylic acids is 3. The Hall–Kier alpha value is -2.61. The highest BCUT2D eigenvalue weighted by atomic mass is 16.2. The summed E-state index contributed by atoms with van der Waals surface area (Å²) >= 11 is 0. The Morgan fingerprint density at radius 2 is 1.64 bits per heavy atom. The molecule has 8 nitrogen and oxygen atoms in total. The third-order valence-electron chi connectivity index (χ3n) is 9.45. The Labute approximate surface area is 214 Å². The van der Waals surface area contributed by atoms with Gasteiger partial charge in [-0.15, -0.1) is 0 Å². The summed E-state index contributed by atoms with van der Waals surface area (Å²) in [5.41, 5.74) is 6.56. The molecule has 2 saturated carbocycles. The maximum atomic E-state index is 13.7. The minimum Gasteiger partial charge on any atom is -0.369 e. The molecule has 0 radical (unpaired) electrons. The van der Waals surface area contributed by atoms with E-state index in [0.29, 0.717) is 38.4 Å². The summed E-state index contributed by atoms with van der Waals surface area (Å²) in [6.07, 6.45) is 7.46. The van der Waals surface area contributed by atoms with Crippen LogP contribution in [-0.4, -0.2) is 89.8 Å².